The van der Waals surface area contributed by atoms with Crippen LogP contribution in [0.3, 0.4) is 0 Å². The molecule has 9 heteroatoms. The van der Waals surface area contributed by atoms with Crippen LogP contribution in [0.2, 0.25) is 0 Å². The van der Waals surface area contributed by atoms with Gasteiger partial charge in [-0.25, -0.2) is 0 Å². The monoisotopic (exact) mass is 371 g/mol. The number of aromatic nitrogens is 2. The van der Waals surface area contributed by atoms with Crippen molar-refractivity contribution in [1.82, 2.24) is 25.9 Å². The maximum Gasteiger partial charge on any atom is 0.291 e. The highest BCUT2D eigenvalue weighted by Crippen LogP contribution is 2.19. The minimum absolute atomic E-state index is 0.281. The number of carbonyl (C=O) groups is 1. The molecule has 0 aliphatic carbocycles. The summed E-state index contributed by atoms with van der Waals surface area (Å²) in [7, 11) is 1.76. The number of thiocarbonyl (C=S) groups is 1. The molecule has 0 saturated heterocycles. The molecule has 7 nitrogen and oxygen atoms in total. The van der Waals surface area contributed by atoms with Gasteiger partial charge >= 0.3 is 0 Å². The summed E-state index contributed by atoms with van der Waals surface area (Å²) in [6, 6.07) is 3.61. The van der Waals surface area contributed by atoms with Crippen molar-refractivity contribution in [1.29, 1.82) is 0 Å². The molecular formula is C12H14BrN5O2S. The second-order valence-corrected chi connectivity index (χ2v) is 5.41. The maximum atomic E-state index is 12.0. The van der Waals surface area contributed by atoms with Crippen molar-refractivity contribution in [2.24, 2.45) is 7.05 Å². The first-order chi connectivity index (χ1) is 9.99. The summed E-state index contributed by atoms with van der Waals surface area (Å²) in [6.07, 6.45) is 1.58. The molecule has 0 bridgehead atoms. The third-order valence-electron chi connectivity index (χ3n) is 2.77. The van der Waals surface area contributed by atoms with Gasteiger partial charge in [0.25, 0.3) is 5.91 Å². The molecular weight excluding hydrogens is 358 g/mol. The Hall–Kier alpha value is -1.87. The highest BCUT2D eigenvalue weighted by atomic mass is 79.9. The van der Waals surface area contributed by atoms with E-state index in [1.807, 2.05) is 13.0 Å². The predicted octanol–water partition coefficient (Wildman–Crippen LogP) is 1.39. The van der Waals surface area contributed by atoms with E-state index in [-0.39, 0.29) is 16.7 Å². The number of hydrogen-bond acceptors (Lipinski definition) is 4. The minimum atomic E-state index is -0.382. The van der Waals surface area contributed by atoms with Gasteiger partial charge in [-0.15, -0.1) is 0 Å². The normalized spacial score (nSPS) is 10.2. The van der Waals surface area contributed by atoms with E-state index < -0.39 is 0 Å². The zero-order valence-corrected chi connectivity index (χ0v) is 13.8. The van der Waals surface area contributed by atoms with Crippen LogP contribution in [0, 0.1) is 6.92 Å². The highest BCUT2D eigenvalue weighted by Gasteiger charge is 2.17. The first-order valence-corrected chi connectivity index (χ1v) is 7.25. The summed E-state index contributed by atoms with van der Waals surface area (Å²) in [4.78, 5) is 12.0. The van der Waals surface area contributed by atoms with Gasteiger partial charge in [-0.1, -0.05) is 0 Å². The summed E-state index contributed by atoms with van der Waals surface area (Å²) in [6.45, 7) is 2.29. The molecule has 1 amide bonds. The van der Waals surface area contributed by atoms with Gasteiger partial charge in [-0.05, 0) is 47.2 Å². The average molecular weight is 372 g/mol. The summed E-state index contributed by atoms with van der Waals surface area (Å²) in [5.74, 6) is 0.362. The number of nitrogens with one attached hydrogen (secondary N) is 3. The standard InChI is InChI=1S/C12H14BrN5O2S/c1-7-9(13)10(17-18(7)2)11(19)15-16-12(21)14-6-8-4-3-5-20-8/h3-5H,6H2,1-2H3,(H,15,19)(H2,14,16,21). The van der Waals surface area contributed by atoms with Crippen LogP contribution < -0.4 is 16.2 Å². The Bertz CT molecular complexity index is 653. The van der Waals surface area contributed by atoms with Gasteiger partial charge in [0.05, 0.1) is 23.0 Å². The first kappa shape index (κ1) is 15.5. The van der Waals surface area contributed by atoms with Gasteiger partial charge in [-0.3, -0.25) is 20.3 Å². The van der Waals surface area contributed by atoms with Crippen LogP contribution in [0.4, 0.5) is 0 Å². The van der Waals surface area contributed by atoms with Gasteiger partial charge in [0.2, 0.25) is 0 Å². The summed E-state index contributed by atoms with van der Waals surface area (Å²) < 4.78 is 7.42. The Balaban J connectivity index is 1.83. The third-order valence-corrected chi connectivity index (χ3v) is 3.96. The van der Waals surface area contributed by atoms with Gasteiger partial charge in [0.1, 0.15) is 5.76 Å². The lowest BCUT2D eigenvalue weighted by molar-refractivity contribution is 0.0937. The zero-order valence-electron chi connectivity index (χ0n) is 11.4. The summed E-state index contributed by atoms with van der Waals surface area (Å²) in [5, 5.41) is 7.29. The van der Waals surface area contributed by atoms with Crippen LogP contribution in [-0.4, -0.2) is 20.8 Å². The Morgan fingerprint density at radius 2 is 2.29 bits per heavy atom. The van der Waals surface area contributed by atoms with Gasteiger partial charge < -0.3 is 9.73 Å². The number of furan rings is 1. The largest absolute Gasteiger partial charge is 0.467 e. The Morgan fingerprint density at radius 1 is 1.52 bits per heavy atom. The molecule has 112 valence electrons. The molecule has 0 fully saturated rings. The number of halogens is 1. The second kappa shape index (κ2) is 6.72. The van der Waals surface area contributed by atoms with E-state index in [1.165, 1.54) is 0 Å². The van der Waals surface area contributed by atoms with E-state index >= 15 is 0 Å². The second-order valence-electron chi connectivity index (χ2n) is 4.21. The van der Waals surface area contributed by atoms with Gasteiger partial charge in [0, 0.05) is 7.05 Å². The molecule has 0 aliphatic heterocycles. The molecule has 3 N–H and O–H groups in total. The van der Waals surface area contributed by atoms with Crippen molar-refractivity contribution < 1.29 is 9.21 Å². The molecule has 0 atom stereocenters. The van der Waals surface area contributed by atoms with Gasteiger partial charge in [0.15, 0.2) is 10.8 Å². The van der Waals surface area contributed by atoms with Crippen molar-refractivity contribution in [3.8, 4) is 0 Å². The quantitative estimate of drug-likeness (QED) is 0.558. The Kier molecular flexibility index (Phi) is 4.97. The number of carbonyl (C=O) groups excluding carboxylic acids is 1. The van der Waals surface area contributed by atoms with Crippen molar-refractivity contribution in [2.75, 3.05) is 0 Å². The SMILES string of the molecule is Cc1c(Br)c(C(=O)NNC(=S)NCc2ccco2)nn1C. The fourth-order valence-electron chi connectivity index (χ4n) is 1.52. The van der Waals surface area contributed by atoms with Crippen molar-refractivity contribution >= 4 is 39.2 Å². The number of rotatable bonds is 3. The van der Waals surface area contributed by atoms with Crippen LogP contribution >= 0.6 is 28.1 Å². The molecule has 0 aliphatic rings. The van der Waals surface area contributed by atoms with E-state index in [2.05, 4.69) is 37.2 Å². The third kappa shape index (κ3) is 3.82. The van der Waals surface area contributed by atoms with Crippen molar-refractivity contribution in [2.45, 2.75) is 13.5 Å². The number of aryl methyl sites for hydroxylation is 1. The van der Waals surface area contributed by atoms with E-state index in [9.17, 15) is 4.79 Å². The van der Waals surface area contributed by atoms with E-state index in [0.717, 1.165) is 11.5 Å². The lowest BCUT2D eigenvalue weighted by Crippen LogP contribution is -2.46. The molecule has 0 radical (unpaired) electrons. The van der Waals surface area contributed by atoms with Crippen LogP contribution in [0.25, 0.3) is 0 Å². The van der Waals surface area contributed by atoms with E-state index in [1.54, 1.807) is 24.1 Å². The molecule has 0 spiro atoms. The lowest BCUT2D eigenvalue weighted by Gasteiger charge is -2.09. The maximum absolute atomic E-state index is 12.0. The fraction of sp³-hybridized carbons (Fsp3) is 0.250. The lowest BCUT2D eigenvalue weighted by atomic mass is 10.3. The highest BCUT2D eigenvalue weighted by molar-refractivity contribution is 9.10. The van der Waals surface area contributed by atoms with E-state index in [4.69, 9.17) is 16.6 Å². The Labute approximate surface area is 135 Å². The van der Waals surface area contributed by atoms with Crippen molar-refractivity contribution in [3.63, 3.8) is 0 Å². The summed E-state index contributed by atoms with van der Waals surface area (Å²) in [5.41, 5.74) is 6.24. The minimum Gasteiger partial charge on any atom is -0.467 e. The molecule has 2 aromatic heterocycles. The Morgan fingerprint density at radius 3 is 2.86 bits per heavy atom. The van der Waals surface area contributed by atoms with Crippen molar-refractivity contribution in [3.05, 3.63) is 40.0 Å². The number of hydrogen-bond donors (Lipinski definition) is 3. The predicted molar refractivity (Wildman–Crippen MR) is 84.4 cm³/mol. The van der Waals surface area contributed by atoms with E-state index in [0.29, 0.717) is 11.0 Å². The van der Waals surface area contributed by atoms with Gasteiger partial charge in [-0.2, -0.15) is 5.10 Å². The van der Waals surface area contributed by atoms with Crippen LogP contribution in [0.15, 0.2) is 27.3 Å². The number of nitrogens with zero attached hydrogens (tertiary/aromatic N) is 2. The van der Waals surface area contributed by atoms with Crippen LogP contribution in [0.1, 0.15) is 21.9 Å². The zero-order chi connectivity index (χ0) is 15.4. The molecule has 0 unspecified atom stereocenters. The molecule has 21 heavy (non-hydrogen) atoms. The topological polar surface area (TPSA) is 84.1 Å². The molecule has 2 aromatic rings. The van der Waals surface area contributed by atoms with Crippen LogP contribution in [0.5, 0.6) is 0 Å². The molecule has 0 saturated carbocycles. The first-order valence-electron chi connectivity index (χ1n) is 6.04. The molecule has 2 rings (SSSR count). The molecule has 2 heterocycles. The van der Waals surface area contributed by atoms with Crippen LogP contribution in [-0.2, 0) is 13.6 Å². The number of amides is 1. The molecule has 0 aromatic carbocycles. The smallest absolute Gasteiger partial charge is 0.291 e. The fourth-order valence-corrected chi connectivity index (χ4v) is 2.16. The average Bonchev–Trinajstić information content (AvgIpc) is 3.07. The summed E-state index contributed by atoms with van der Waals surface area (Å²) >= 11 is 8.38. The number of hydrazine groups is 1.